The molecule has 0 atom stereocenters. The molecule has 7 nitrogen and oxygen atoms in total. The Morgan fingerprint density at radius 3 is 2.29 bits per heavy atom. The van der Waals surface area contributed by atoms with E-state index in [0.717, 1.165) is 0 Å². The van der Waals surface area contributed by atoms with Crippen molar-refractivity contribution in [2.75, 3.05) is 5.75 Å². The van der Waals surface area contributed by atoms with Gasteiger partial charge in [0.15, 0.2) is 0 Å². The van der Waals surface area contributed by atoms with Gasteiger partial charge < -0.3 is 0 Å². The molecule has 21 heavy (non-hydrogen) atoms. The van der Waals surface area contributed by atoms with E-state index in [1.165, 1.54) is 18.2 Å². The van der Waals surface area contributed by atoms with Gasteiger partial charge >= 0.3 is 0 Å². The average molecular weight is 335 g/mol. The number of hydrogen-bond donors (Lipinski definition) is 2. The Morgan fingerprint density at radius 1 is 1.19 bits per heavy atom. The summed E-state index contributed by atoms with van der Waals surface area (Å²) < 4.78 is 60.7. The predicted octanol–water partition coefficient (Wildman–Crippen LogP) is 2.00. The Balaban J connectivity index is 2.85. The summed E-state index contributed by atoms with van der Waals surface area (Å²) in [5.41, 5.74) is 1.76. The Kier molecular flexibility index (Phi) is 5.62. The van der Waals surface area contributed by atoms with E-state index < -0.39 is 20.2 Å². The first kappa shape index (κ1) is 17.8. The van der Waals surface area contributed by atoms with Crippen LogP contribution in [0.2, 0.25) is 0 Å². The Bertz CT molecular complexity index is 750. The van der Waals surface area contributed by atoms with Crippen molar-refractivity contribution >= 4 is 31.6 Å². The lowest BCUT2D eigenvalue weighted by Crippen LogP contribution is -2.05. The van der Waals surface area contributed by atoms with Crippen LogP contribution in [-0.4, -0.2) is 37.4 Å². The second-order valence-corrected chi connectivity index (χ2v) is 7.65. The van der Waals surface area contributed by atoms with Crippen molar-refractivity contribution in [2.24, 2.45) is 4.99 Å². The van der Waals surface area contributed by atoms with Gasteiger partial charge in [0.2, 0.25) is 0 Å². The quantitative estimate of drug-likeness (QED) is 0.606. The van der Waals surface area contributed by atoms with E-state index >= 15 is 0 Å². The molecule has 0 fully saturated rings. The van der Waals surface area contributed by atoms with Gasteiger partial charge in [-0.05, 0) is 50.5 Å². The highest BCUT2D eigenvalue weighted by molar-refractivity contribution is 7.86. The average Bonchev–Trinajstić information content (AvgIpc) is 2.28. The minimum Gasteiger partial charge on any atom is -0.286 e. The largest absolute Gasteiger partial charge is 0.294 e. The van der Waals surface area contributed by atoms with Gasteiger partial charge in [0.25, 0.3) is 20.2 Å². The molecule has 0 saturated heterocycles. The summed E-state index contributed by atoms with van der Waals surface area (Å²) in [6.45, 7) is 3.36. The minimum absolute atomic E-state index is 0.206. The molecule has 0 radical (unpaired) electrons. The lowest BCUT2D eigenvalue weighted by atomic mass is 10.2. The number of rotatable bonds is 6. The number of aliphatic imine (C=N–C) groups is 1. The second kappa shape index (κ2) is 6.65. The maximum absolute atomic E-state index is 11.0. The van der Waals surface area contributed by atoms with Gasteiger partial charge in [-0.25, -0.2) is 0 Å². The van der Waals surface area contributed by atoms with Crippen molar-refractivity contribution < 1.29 is 25.9 Å². The molecular weight excluding hydrogens is 318 g/mol. The first-order valence-corrected chi connectivity index (χ1v) is 9.11. The number of aryl methyl sites for hydroxylation is 1. The van der Waals surface area contributed by atoms with Gasteiger partial charge in [0.1, 0.15) is 0 Å². The fraction of sp³-hybridized carbons (Fsp3) is 0.417. The fourth-order valence-corrected chi connectivity index (χ4v) is 2.76. The normalized spacial score (nSPS) is 13.4. The number of hydrogen-bond acceptors (Lipinski definition) is 5. The van der Waals surface area contributed by atoms with E-state index in [2.05, 4.69) is 4.99 Å². The molecule has 0 unspecified atom stereocenters. The van der Waals surface area contributed by atoms with Crippen molar-refractivity contribution in [2.45, 2.75) is 31.6 Å². The zero-order valence-corrected chi connectivity index (χ0v) is 13.3. The molecule has 0 aromatic heterocycles. The van der Waals surface area contributed by atoms with Crippen molar-refractivity contribution in [3.8, 4) is 0 Å². The van der Waals surface area contributed by atoms with Crippen molar-refractivity contribution in [3.63, 3.8) is 0 Å². The SMILES string of the molecule is C/C(CCCS(=O)(=O)O)=N/c1ccc(S(=O)(=O)O)cc1C. The zero-order valence-electron chi connectivity index (χ0n) is 11.6. The van der Waals surface area contributed by atoms with Crippen LogP contribution in [0.3, 0.4) is 0 Å². The van der Waals surface area contributed by atoms with E-state index in [4.69, 9.17) is 9.11 Å². The molecule has 118 valence electrons. The van der Waals surface area contributed by atoms with Crippen molar-refractivity contribution in [1.29, 1.82) is 0 Å². The Morgan fingerprint density at radius 2 is 1.81 bits per heavy atom. The molecule has 0 aliphatic heterocycles. The monoisotopic (exact) mass is 335 g/mol. The second-order valence-electron chi connectivity index (χ2n) is 4.66. The van der Waals surface area contributed by atoms with Gasteiger partial charge in [-0.3, -0.25) is 14.1 Å². The molecule has 9 heteroatoms. The van der Waals surface area contributed by atoms with E-state index in [1.54, 1.807) is 13.8 Å². The molecule has 1 rings (SSSR count). The molecule has 0 saturated carbocycles. The molecule has 0 bridgehead atoms. The maximum atomic E-state index is 11.0. The number of nitrogens with zero attached hydrogens (tertiary/aromatic N) is 1. The standard InChI is InChI=1S/C12H17NO6S2/c1-9-8-11(21(17,18)19)5-6-12(9)13-10(2)4-3-7-20(14,15)16/h5-6,8H,3-4,7H2,1-2H3,(H,14,15,16)(H,17,18,19)/b13-10-. The minimum atomic E-state index is -4.24. The van der Waals surface area contributed by atoms with Crippen LogP contribution in [0, 0.1) is 6.92 Å². The summed E-state index contributed by atoms with van der Waals surface area (Å²) in [6, 6.07) is 4.01. The number of benzene rings is 1. The van der Waals surface area contributed by atoms with Crippen LogP contribution >= 0.6 is 0 Å². The molecule has 0 amide bonds. The molecule has 1 aromatic carbocycles. The highest BCUT2D eigenvalue weighted by Gasteiger charge is 2.11. The van der Waals surface area contributed by atoms with Crippen LogP contribution in [-0.2, 0) is 20.2 Å². The summed E-state index contributed by atoms with van der Waals surface area (Å²) in [6.07, 6.45) is 0.635. The van der Waals surface area contributed by atoms with E-state index in [1.807, 2.05) is 0 Å². The molecule has 2 N–H and O–H groups in total. The summed E-state index contributed by atoms with van der Waals surface area (Å²) in [4.78, 5) is 4.06. The van der Waals surface area contributed by atoms with E-state index in [9.17, 15) is 16.8 Å². The van der Waals surface area contributed by atoms with E-state index in [0.29, 0.717) is 23.4 Å². The summed E-state index contributed by atoms with van der Waals surface area (Å²) in [5, 5.41) is 0. The third kappa shape index (κ3) is 6.34. The van der Waals surface area contributed by atoms with Crippen LogP contribution in [0.25, 0.3) is 0 Å². The van der Waals surface area contributed by atoms with Gasteiger partial charge in [-0.2, -0.15) is 16.8 Å². The summed E-state index contributed by atoms with van der Waals surface area (Å²) >= 11 is 0. The van der Waals surface area contributed by atoms with Crippen molar-refractivity contribution in [1.82, 2.24) is 0 Å². The van der Waals surface area contributed by atoms with Crippen LogP contribution in [0.15, 0.2) is 28.1 Å². The molecule has 0 spiro atoms. The lowest BCUT2D eigenvalue weighted by molar-refractivity contribution is 0.480. The van der Waals surface area contributed by atoms with Gasteiger partial charge in [-0.15, -0.1) is 0 Å². The lowest BCUT2D eigenvalue weighted by Gasteiger charge is -2.05. The highest BCUT2D eigenvalue weighted by atomic mass is 32.2. The smallest absolute Gasteiger partial charge is 0.286 e. The molecule has 0 aliphatic rings. The summed E-state index contributed by atoms with van der Waals surface area (Å²) in [5.74, 6) is -0.333. The first-order valence-electron chi connectivity index (χ1n) is 6.06. The van der Waals surface area contributed by atoms with Crippen LogP contribution < -0.4 is 0 Å². The molecule has 0 aliphatic carbocycles. The Labute approximate surface area is 124 Å². The fourth-order valence-electron chi connectivity index (χ4n) is 1.69. The molecule has 0 heterocycles. The van der Waals surface area contributed by atoms with Gasteiger partial charge in [-0.1, -0.05) is 0 Å². The Hall–Kier alpha value is -1.29. The van der Waals surface area contributed by atoms with Gasteiger partial charge in [0, 0.05) is 5.71 Å². The third-order valence-corrected chi connectivity index (χ3v) is 4.37. The van der Waals surface area contributed by atoms with Gasteiger partial charge in [0.05, 0.1) is 16.3 Å². The van der Waals surface area contributed by atoms with Crippen LogP contribution in [0.4, 0.5) is 5.69 Å². The third-order valence-electron chi connectivity index (χ3n) is 2.72. The van der Waals surface area contributed by atoms with Crippen molar-refractivity contribution in [3.05, 3.63) is 23.8 Å². The predicted molar refractivity (Wildman–Crippen MR) is 79.4 cm³/mol. The van der Waals surface area contributed by atoms with E-state index in [-0.39, 0.29) is 17.1 Å². The topological polar surface area (TPSA) is 121 Å². The van der Waals surface area contributed by atoms with Crippen LogP contribution in [0.1, 0.15) is 25.3 Å². The molecule has 1 aromatic rings. The highest BCUT2D eigenvalue weighted by Crippen LogP contribution is 2.22. The summed E-state index contributed by atoms with van der Waals surface area (Å²) in [7, 11) is -8.22. The zero-order chi connectivity index (χ0) is 16.3. The maximum Gasteiger partial charge on any atom is 0.294 e. The first-order chi connectivity index (χ1) is 9.49. The molecular formula is C12H17NO6S2. The van der Waals surface area contributed by atoms with Crippen LogP contribution in [0.5, 0.6) is 0 Å².